The van der Waals surface area contributed by atoms with Crippen molar-refractivity contribution >= 4 is 47.8 Å². The van der Waals surface area contributed by atoms with E-state index in [4.69, 9.17) is 0 Å². The largest absolute Gasteiger partial charge is 0.207 e. The van der Waals surface area contributed by atoms with Crippen LogP contribution in [-0.4, -0.2) is 3.23 Å². The highest BCUT2D eigenvalue weighted by molar-refractivity contribution is 9.25. The van der Waals surface area contributed by atoms with Crippen LogP contribution in [0.3, 0.4) is 0 Å². The number of rotatable bonds is 1. The van der Waals surface area contributed by atoms with Gasteiger partial charge in [0.15, 0.2) is 0 Å². The van der Waals surface area contributed by atoms with Crippen molar-refractivity contribution in [2.45, 2.75) is 15.6 Å². The average Bonchev–Trinajstić information content (AvgIpc) is 2.59. The molecule has 4 heteroatoms. The normalized spacial score (nSPS) is 24.5. The van der Waals surface area contributed by atoms with E-state index in [9.17, 15) is 4.39 Å². The molecule has 0 nitrogen and oxygen atoms in total. The molecule has 0 spiro atoms. The monoisotopic (exact) mass is 370 g/mol. The average molecular weight is 373 g/mol. The van der Waals surface area contributed by atoms with E-state index in [2.05, 4.69) is 47.8 Å². The molecule has 2 rings (SSSR count). The molecule has 0 heterocycles. The third kappa shape index (κ3) is 2.00. The number of benzene rings is 1. The van der Waals surface area contributed by atoms with Gasteiger partial charge >= 0.3 is 0 Å². The summed E-state index contributed by atoms with van der Waals surface area (Å²) in [5.74, 6) is 0.112. The zero-order chi connectivity index (χ0) is 9.64. The zero-order valence-electron chi connectivity index (χ0n) is 6.53. The van der Waals surface area contributed by atoms with E-state index in [1.165, 1.54) is 6.07 Å². The van der Waals surface area contributed by atoms with Gasteiger partial charge in [-0.1, -0.05) is 53.9 Å². The van der Waals surface area contributed by atoms with Gasteiger partial charge in [-0.2, -0.15) is 0 Å². The first-order valence-corrected chi connectivity index (χ1v) is 6.21. The van der Waals surface area contributed by atoms with Crippen molar-refractivity contribution in [1.29, 1.82) is 0 Å². The number of hydrogen-bond acceptors (Lipinski definition) is 0. The lowest BCUT2D eigenvalue weighted by Gasteiger charge is -2.03. The summed E-state index contributed by atoms with van der Waals surface area (Å²) in [6, 6.07) is 5.20. The molecule has 0 amide bonds. The summed E-state index contributed by atoms with van der Waals surface area (Å²) in [7, 11) is 0. The molecule has 0 bridgehead atoms. The van der Waals surface area contributed by atoms with Crippen molar-refractivity contribution in [3.63, 3.8) is 0 Å². The first-order chi connectivity index (χ1) is 6.00. The van der Waals surface area contributed by atoms with Gasteiger partial charge in [0.05, 0.1) is 3.23 Å². The number of hydrogen-bond donors (Lipinski definition) is 0. The third-order valence-electron chi connectivity index (χ3n) is 2.16. The Hall–Kier alpha value is 0.590. The second-order valence-corrected chi connectivity index (χ2v) is 7.99. The van der Waals surface area contributed by atoms with Gasteiger partial charge in [-0.15, -0.1) is 0 Å². The third-order valence-corrected chi connectivity index (χ3v) is 4.41. The van der Waals surface area contributed by atoms with Crippen LogP contribution in [0.25, 0.3) is 0 Å². The molecule has 1 aromatic carbocycles. The highest BCUT2D eigenvalue weighted by Gasteiger charge is 2.52. The van der Waals surface area contributed by atoms with Gasteiger partial charge in [-0.05, 0) is 24.1 Å². The SMILES string of the molecule is Fc1cc(Br)ccc1C1CC1(Br)Br. The van der Waals surface area contributed by atoms with Crippen molar-refractivity contribution in [3.05, 3.63) is 34.1 Å². The second-order valence-electron chi connectivity index (χ2n) is 3.18. The van der Waals surface area contributed by atoms with E-state index >= 15 is 0 Å². The molecule has 1 saturated carbocycles. The van der Waals surface area contributed by atoms with Crippen LogP contribution in [0, 0.1) is 5.82 Å². The van der Waals surface area contributed by atoms with Crippen molar-refractivity contribution in [2.24, 2.45) is 0 Å². The van der Waals surface area contributed by atoms with Crippen LogP contribution < -0.4 is 0 Å². The van der Waals surface area contributed by atoms with Gasteiger partial charge in [0.25, 0.3) is 0 Å². The molecule has 0 aliphatic heterocycles. The molecular formula is C9H6Br3F. The Labute approximate surface area is 101 Å². The van der Waals surface area contributed by atoms with E-state index < -0.39 is 0 Å². The Morgan fingerprint density at radius 3 is 2.46 bits per heavy atom. The van der Waals surface area contributed by atoms with Gasteiger partial charge in [-0.25, -0.2) is 4.39 Å². The van der Waals surface area contributed by atoms with E-state index in [1.807, 2.05) is 12.1 Å². The van der Waals surface area contributed by atoms with Crippen molar-refractivity contribution in [2.75, 3.05) is 0 Å². The predicted octanol–water partition coefficient (Wildman–Crippen LogP) is 4.56. The van der Waals surface area contributed by atoms with Gasteiger partial charge < -0.3 is 0 Å². The first-order valence-electron chi connectivity index (χ1n) is 3.83. The lowest BCUT2D eigenvalue weighted by atomic mass is 10.1. The molecule has 70 valence electrons. The van der Waals surface area contributed by atoms with Crippen LogP contribution in [0.1, 0.15) is 17.9 Å². The molecule has 0 saturated heterocycles. The summed E-state index contributed by atoms with van der Waals surface area (Å²) in [6.45, 7) is 0. The summed E-state index contributed by atoms with van der Waals surface area (Å²) >= 11 is 10.2. The molecule has 13 heavy (non-hydrogen) atoms. The quantitative estimate of drug-likeness (QED) is 0.634. The maximum Gasteiger partial charge on any atom is 0.127 e. The molecule has 1 atom stereocenters. The summed E-state index contributed by atoms with van der Waals surface area (Å²) in [6.07, 6.45) is 0.936. The van der Waals surface area contributed by atoms with Crippen LogP contribution in [0.15, 0.2) is 22.7 Å². The fourth-order valence-electron chi connectivity index (χ4n) is 1.33. The first kappa shape index (κ1) is 10.1. The Balaban J connectivity index is 2.33. The molecule has 1 aliphatic rings. The van der Waals surface area contributed by atoms with E-state index in [0.29, 0.717) is 0 Å². The Kier molecular flexibility index (Phi) is 2.58. The minimum absolute atomic E-state index is 0.0747. The Bertz CT molecular complexity index is 349. The summed E-state index contributed by atoms with van der Waals surface area (Å²) in [5, 5.41) is 0. The van der Waals surface area contributed by atoms with Crippen molar-refractivity contribution in [3.8, 4) is 0 Å². The number of alkyl halides is 2. The summed E-state index contributed by atoms with van der Waals surface area (Å²) in [4.78, 5) is 0. The van der Waals surface area contributed by atoms with Crippen molar-refractivity contribution in [1.82, 2.24) is 0 Å². The standard InChI is InChI=1S/C9H6Br3F/c10-5-1-2-6(8(13)3-5)7-4-9(7,11)12/h1-3,7H,4H2. The Morgan fingerprint density at radius 1 is 1.38 bits per heavy atom. The van der Waals surface area contributed by atoms with Gasteiger partial charge in [-0.3, -0.25) is 0 Å². The van der Waals surface area contributed by atoms with E-state index in [-0.39, 0.29) is 15.0 Å². The van der Waals surface area contributed by atoms with Crippen LogP contribution in [0.4, 0.5) is 4.39 Å². The maximum absolute atomic E-state index is 13.4. The topological polar surface area (TPSA) is 0 Å². The highest BCUT2D eigenvalue weighted by Crippen LogP contribution is 2.62. The van der Waals surface area contributed by atoms with Crippen molar-refractivity contribution < 1.29 is 4.39 Å². The van der Waals surface area contributed by atoms with Gasteiger partial charge in [0.2, 0.25) is 0 Å². The lowest BCUT2D eigenvalue weighted by Crippen LogP contribution is -1.92. The van der Waals surface area contributed by atoms with Gasteiger partial charge in [0, 0.05) is 10.4 Å². The minimum atomic E-state index is -0.139. The molecule has 1 aromatic rings. The maximum atomic E-state index is 13.4. The molecular weight excluding hydrogens is 367 g/mol. The van der Waals surface area contributed by atoms with Gasteiger partial charge in [0.1, 0.15) is 5.82 Å². The van der Waals surface area contributed by atoms with Crippen LogP contribution >= 0.6 is 47.8 Å². The van der Waals surface area contributed by atoms with E-state index in [1.54, 1.807) is 0 Å². The molecule has 0 aromatic heterocycles. The molecule has 0 radical (unpaired) electrons. The smallest absolute Gasteiger partial charge is 0.127 e. The highest BCUT2D eigenvalue weighted by atomic mass is 79.9. The fourth-order valence-corrected chi connectivity index (χ4v) is 2.81. The minimum Gasteiger partial charge on any atom is -0.207 e. The predicted molar refractivity (Wildman–Crippen MR) is 62.0 cm³/mol. The molecule has 1 unspecified atom stereocenters. The second kappa shape index (κ2) is 3.31. The summed E-state index contributed by atoms with van der Waals surface area (Å²) < 4.78 is 14.1. The zero-order valence-corrected chi connectivity index (χ0v) is 11.3. The Morgan fingerprint density at radius 2 is 2.00 bits per heavy atom. The lowest BCUT2D eigenvalue weighted by molar-refractivity contribution is 0.610. The summed E-state index contributed by atoms with van der Waals surface area (Å²) in [5.41, 5.74) is 0.775. The molecule has 1 fully saturated rings. The molecule has 0 N–H and O–H groups in total. The van der Waals surface area contributed by atoms with E-state index in [0.717, 1.165) is 16.5 Å². The fraction of sp³-hybridized carbons (Fsp3) is 0.333. The number of halogens is 4. The molecule has 1 aliphatic carbocycles. The van der Waals surface area contributed by atoms with Crippen LogP contribution in [-0.2, 0) is 0 Å². The van der Waals surface area contributed by atoms with Crippen LogP contribution in [0.5, 0.6) is 0 Å². The van der Waals surface area contributed by atoms with Crippen LogP contribution in [0.2, 0.25) is 0 Å².